The maximum Gasteiger partial charge on any atom is 0.326 e. The Morgan fingerprint density at radius 2 is 1.10 bits per heavy atom. The van der Waals surface area contributed by atoms with E-state index >= 15 is 0 Å². The lowest BCUT2D eigenvalue weighted by Crippen LogP contribution is -2.61. The molecule has 6 atom stereocenters. The zero-order valence-corrected chi connectivity index (χ0v) is 34.2. The minimum Gasteiger partial charge on any atom is -0.480 e. The number of hydrogen-bond donors (Lipinski definition) is 12. The Balaban J connectivity index is 2.45. The van der Waals surface area contributed by atoms with Crippen molar-refractivity contribution < 1.29 is 33.9 Å². The van der Waals surface area contributed by atoms with Gasteiger partial charge in [0.15, 0.2) is 11.9 Å². The second-order valence-corrected chi connectivity index (χ2v) is 15.2. The number of aromatic amines is 1. The number of carbonyl (C=O) groups is 6. The fourth-order valence-electron chi connectivity index (χ4n) is 5.93. The van der Waals surface area contributed by atoms with Gasteiger partial charge in [0, 0.05) is 36.6 Å². The molecule has 58 heavy (non-hydrogen) atoms. The highest BCUT2D eigenvalue weighted by Crippen LogP contribution is 2.20. The van der Waals surface area contributed by atoms with Crippen molar-refractivity contribution in [2.75, 3.05) is 13.1 Å². The molecule has 1 aromatic heterocycles. The van der Waals surface area contributed by atoms with E-state index in [-0.39, 0.29) is 68.9 Å². The zero-order valence-electron chi connectivity index (χ0n) is 34.2. The normalized spacial score (nSPS) is 14.4. The third-order valence-electron chi connectivity index (χ3n) is 9.38. The summed E-state index contributed by atoms with van der Waals surface area (Å²) in [5.41, 5.74) is 29.1. The van der Waals surface area contributed by atoms with Crippen molar-refractivity contribution >= 4 is 58.3 Å². The molecule has 0 saturated carbocycles. The molecule has 0 spiro atoms. The molecule has 322 valence electrons. The van der Waals surface area contributed by atoms with Crippen LogP contribution < -0.4 is 55.3 Å². The number of nitrogens with zero attached hydrogens (tertiary/aromatic N) is 2. The fourth-order valence-corrected chi connectivity index (χ4v) is 5.93. The molecule has 0 bridgehead atoms. The van der Waals surface area contributed by atoms with Gasteiger partial charge in [-0.15, -0.1) is 0 Å². The molecule has 20 nitrogen and oxygen atoms in total. The molecule has 1 heterocycles. The number of carboxylic acid groups (broad SMARTS) is 1. The van der Waals surface area contributed by atoms with Crippen LogP contribution in [0.5, 0.6) is 0 Å². The Bertz CT molecular complexity index is 1770. The molecule has 2 aromatic rings. The molecule has 2 rings (SSSR count). The molecule has 0 saturated heterocycles. The van der Waals surface area contributed by atoms with Gasteiger partial charge in [0.2, 0.25) is 29.5 Å². The number of para-hydroxylation sites is 1. The SMILES string of the molecule is CC(C)[C@H](N)C(=O)N[C@H](C(=O)N[C@H](C(=O)N[C@@H](Cc1c[nH]c2ccccc12)C(=O)N[C@@H](CCCN=C(N)N)C(=O)N[C@@H](CCCN=C(N)N)C(=O)O)C(C)C)C(C)C. The van der Waals surface area contributed by atoms with Gasteiger partial charge in [-0.1, -0.05) is 59.7 Å². The summed E-state index contributed by atoms with van der Waals surface area (Å²) in [6, 6.07) is 0.415. The number of carbonyl (C=O) groups excluding carboxylic acids is 5. The predicted molar refractivity (Wildman–Crippen MR) is 222 cm³/mol. The molecule has 1 aromatic carbocycles. The van der Waals surface area contributed by atoms with Crippen molar-refractivity contribution in [1.82, 2.24) is 31.6 Å². The quantitative estimate of drug-likeness (QED) is 0.0332. The lowest BCUT2D eigenvalue weighted by molar-refractivity contribution is -0.142. The summed E-state index contributed by atoms with van der Waals surface area (Å²) in [4.78, 5) is 91.5. The first kappa shape index (κ1) is 48.2. The Hall–Kier alpha value is -5.92. The van der Waals surface area contributed by atoms with Crippen molar-refractivity contribution in [1.29, 1.82) is 0 Å². The molecule has 0 aliphatic rings. The highest BCUT2D eigenvalue weighted by atomic mass is 16.4. The van der Waals surface area contributed by atoms with Crippen LogP contribution in [-0.4, -0.2) is 107 Å². The smallest absolute Gasteiger partial charge is 0.326 e. The molecule has 17 N–H and O–H groups in total. The van der Waals surface area contributed by atoms with Crippen molar-refractivity contribution in [3.8, 4) is 0 Å². The summed E-state index contributed by atoms with van der Waals surface area (Å²) in [5, 5.41) is 24.1. The highest BCUT2D eigenvalue weighted by molar-refractivity contribution is 5.97. The number of hydrogen-bond acceptors (Lipinski definition) is 9. The number of aliphatic carboxylic acids is 1. The second kappa shape index (κ2) is 23.3. The van der Waals surface area contributed by atoms with E-state index in [2.05, 4.69) is 41.6 Å². The van der Waals surface area contributed by atoms with E-state index in [0.29, 0.717) is 5.56 Å². The number of aliphatic imine (C=N–C) groups is 2. The third-order valence-corrected chi connectivity index (χ3v) is 9.38. The third kappa shape index (κ3) is 15.5. The van der Waals surface area contributed by atoms with Crippen LogP contribution in [0.4, 0.5) is 0 Å². The average Bonchev–Trinajstić information content (AvgIpc) is 3.55. The van der Waals surface area contributed by atoms with Crippen molar-refractivity contribution in [3.05, 3.63) is 36.0 Å². The Kier molecular flexibility index (Phi) is 19.4. The van der Waals surface area contributed by atoms with E-state index in [1.54, 1.807) is 47.7 Å². The van der Waals surface area contributed by atoms with Crippen molar-refractivity contribution in [2.24, 2.45) is 56.4 Å². The van der Waals surface area contributed by atoms with E-state index in [0.717, 1.165) is 10.9 Å². The topological polar surface area (TPSA) is 353 Å². The molecule has 0 fully saturated rings. The molecule has 0 radical (unpaired) electrons. The number of rotatable bonds is 24. The summed E-state index contributed by atoms with van der Waals surface area (Å²) < 4.78 is 0. The molecular formula is C38H63N13O7. The van der Waals surface area contributed by atoms with Gasteiger partial charge in [-0.25, -0.2) is 4.79 Å². The second-order valence-electron chi connectivity index (χ2n) is 15.2. The Morgan fingerprint density at radius 3 is 1.62 bits per heavy atom. The van der Waals surface area contributed by atoms with Gasteiger partial charge in [0.1, 0.15) is 30.2 Å². The van der Waals surface area contributed by atoms with Crippen LogP contribution in [0.3, 0.4) is 0 Å². The standard InChI is InChI=1S/C38H63N13O7/c1-19(2)28(39)33(54)50-30(21(5)6)35(56)51-29(20(3)4)34(55)49-27(17-22-18-46-24-12-8-7-11-23(22)24)32(53)47-25(13-9-15-44-37(40)41)31(52)48-26(36(57)58)14-10-16-45-38(42)43/h7-8,11-12,18-21,25-30,46H,9-10,13-17,39H2,1-6H3,(H,47,53)(H,48,52)(H,49,55)(H,50,54)(H,51,56)(H,57,58)(H4,40,41,44)(H4,42,43,45)/t25-,26-,27-,28-,29-,30-/m0/s1. The van der Waals surface area contributed by atoms with Crippen molar-refractivity contribution in [3.63, 3.8) is 0 Å². The van der Waals surface area contributed by atoms with E-state index in [1.165, 1.54) is 0 Å². The molecule has 0 aliphatic carbocycles. The number of fused-ring (bicyclic) bond motifs is 1. The minimum absolute atomic E-state index is 0.00407. The maximum atomic E-state index is 14.3. The highest BCUT2D eigenvalue weighted by Gasteiger charge is 2.35. The molecule has 20 heteroatoms. The Labute approximate surface area is 338 Å². The largest absolute Gasteiger partial charge is 0.480 e. The summed E-state index contributed by atoms with van der Waals surface area (Å²) in [6.45, 7) is 10.7. The van der Waals surface area contributed by atoms with Gasteiger partial charge in [-0.3, -0.25) is 34.0 Å². The molecule has 0 aliphatic heterocycles. The van der Waals surface area contributed by atoms with E-state index < -0.39 is 77.7 Å². The summed E-state index contributed by atoms with van der Waals surface area (Å²) >= 11 is 0. The zero-order chi connectivity index (χ0) is 43.7. The number of H-pyrrole nitrogens is 1. The van der Waals surface area contributed by atoms with Crippen LogP contribution >= 0.6 is 0 Å². The van der Waals surface area contributed by atoms with E-state index in [1.807, 2.05) is 24.3 Å². The fraction of sp³-hybridized carbons (Fsp3) is 0.579. The van der Waals surface area contributed by atoms with Crippen LogP contribution in [-0.2, 0) is 35.2 Å². The van der Waals surface area contributed by atoms with Crippen molar-refractivity contribution in [2.45, 2.75) is 110 Å². The molecular weight excluding hydrogens is 751 g/mol. The average molecular weight is 814 g/mol. The van der Waals surface area contributed by atoms with Crippen LogP contribution in [0.15, 0.2) is 40.4 Å². The van der Waals surface area contributed by atoms with Crippen LogP contribution in [0.2, 0.25) is 0 Å². The van der Waals surface area contributed by atoms with Crippen LogP contribution in [0, 0.1) is 17.8 Å². The summed E-state index contributed by atoms with van der Waals surface area (Å²) in [6.07, 6.45) is 2.10. The number of nitrogens with one attached hydrogen (secondary N) is 6. The van der Waals surface area contributed by atoms with E-state index in [4.69, 9.17) is 28.7 Å². The van der Waals surface area contributed by atoms with Gasteiger partial charge in [-0.2, -0.15) is 0 Å². The maximum absolute atomic E-state index is 14.3. The van der Waals surface area contributed by atoms with Gasteiger partial charge in [0.25, 0.3) is 0 Å². The summed E-state index contributed by atoms with van der Waals surface area (Å²) in [5.74, 6) is -6.05. The minimum atomic E-state index is -1.34. The monoisotopic (exact) mass is 813 g/mol. The van der Waals surface area contributed by atoms with Gasteiger partial charge in [-0.05, 0) is 55.1 Å². The molecule has 5 amide bonds. The number of nitrogens with two attached hydrogens (primary N) is 5. The van der Waals surface area contributed by atoms with Crippen LogP contribution in [0.1, 0.15) is 72.8 Å². The number of guanidine groups is 2. The number of benzene rings is 1. The first-order valence-corrected chi connectivity index (χ1v) is 19.4. The lowest BCUT2D eigenvalue weighted by atomic mass is 9.97. The number of aromatic nitrogens is 1. The van der Waals surface area contributed by atoms with E-state index in [9.17, 15) is 33.9 Å². The van der Waals surface area contributed by atoms with Crippen LogP contribution in [0.25, 0.3) is 10.9 Å². The number of carboxylic acids is 1. The predicted octanol–water partition coefficient (Wildman–Crippen LogP) is -1.38. The first-order chi connectivity index (χ1) is 27.2. The van der Waals surface area contributed by atoms with Gasteiger partial charge >= 0.3 is 5.97 Å². The lowest BCUT2D eigenvalue weighted by Gasteiger charge is -2.29. The molecule has 0 unspecified atom stereocenters. The first-order valence-electron chi connectivity index (χ1n) is 19.4. The number of amides is 5. The van der Waals surface area contributed by atoms with Gasteiger partial charge in [0.05, 0.1) is 6.04 Å². The summed E-state index contributed by atoms with van der Waals surface area (Å²) in [7, 11) is 0. The van der Waals surface area contributed by atoms with Gasteiger partial charge < -0.3 is 65.3 Å². The Morgan fingerprint density at radius 1 is 0.638 bits per heavy atom.